The number of esters is 2. The van der Waals surface area contributed by atoms with Crippen molar-refractivity contribution in [3.63, 3.8) is 0 Å². The van der Waals surface area contributed by atoms with Crippen LogP contribution in [0.1, 0.15) is 20.7 Å². The van der Waals surface area contributed by atoms with Crippen molar-refractivity contribution >= 4 is 34.5 Å². The number of rotatable bonds is 5. The Bertz CT molecular complexity index is 1100. The summed E-state index contributed by atoms with van der Waals surface area (Å²) >= 11 is 0. The standard InChI is InChI=1S/C20H15NO7/c1-26-18(23)12-6-8-14(9-7-12)21-17(22)11-27-19(24)15-10-13-4-2-3-5-16(13)28-20(15)25/h2-10H,11H2,1H3,(H,21,22). The first-order valence-corrected chi connectivity index (χ1v) is 8.16. The Labute approximate surface area is 158 Å². The molecule has 0 saturated heterocycles. The Hall–Kier alpha value is -3.94. The molecule has 1 heterocycles. The first kappa shape index (κ1) is 18.8. The smallest absolute Gasteiger partial charge is 0.351 e. The third-order valence-corrected chi connectivity index (χ3v) is 3.79. The minimum Gasteiger partial charge on any atom is -0.465 e. The average molecular weight is 381 g/mol. The molecule has 0 spiro atoms. The fraction of sp³-hybridized carbons (Fsp3) is 0.100. The van der Waals surface area contributed by atoms with Crippen molar-refractivity contribution in [2.45, 2.75) is 0 Å². The Balaban J connectivity index is 1.61. The molecule has 2 aromatic carbocycles. The maximum atomic E-state index is 12.1. The number of amides is 1. The highest BCUT2D eigenvalue weighted by Crippen LogP contribution is 2.13. The van der Waals surface area contributed by atoms with Gasteiger partial charge in [-0.05, 0) is 36.4 Å². The fourth-order valence-corrected chi connectivity index (χ4v) is 2.42. The van der Waals surface area contributed by atoms with Gasteiger partial charge in [0.15, 0.2) is 6.61 Å². The lowest BCUT2D eigenvalue weighted by Crippen LogP contribution is -2.23. The molecule has 142 valence electrons. The van der Waals surface area contributed by atoms with Crippen LogP contribution in [-0.4, -0.2) is 31.6 Å². The number of fused-ring (bicyclic) bond motifs is 1. The molecule has 0 radical (unpaired) electrons. The van der Waals surface area contributed by atoms with E-state index < -0.39 is 30.1 Å². The predicted octanol–water partition coefficient (Wildman–Crippen LogP) is 2.38. The number of ether oxygens (including phenoxy) is 2. The van der Waals surface area contributed by atoms with E-state index in [4.69, 9.17) is 9.15 Å². The summed E-state index contributed by atoms with van der Waals surface area (Å²) in [6.45, 7) is -0.593. The lowest BCUT2D eigenvalue weighted by Gasteiger charge is -2.07. The van der Waals surface area contributed by atoms with Crippen molar-refractivity contribution < 1.29 is 28.3 Å². The van der Waals surface area contributed by atoms with Crippen molar-refractivity contribution in [1.29, 1.82) is 0 Å². The molecule has 0 unspecified atom stereocenters. The zero-order valence-corrected chi connectivity index (χ0v) is 14.8. The summed E-state index contributed by atoms with van der Waals surface area (Å²) in [6, 6.07) is 14.0. The van der Waals surface area contributed by atoms with Gasteiger partial charge in [0.25, 0.3) is 5.91 Å². The van der Waals surface area contributed by atoms with Gasteiger partial charge in [-0.2, -0.15) is 0 Å². The van der Waals surface area contributed by atoms with Crippen LogP contribution in [-0.2, 0) is 14.3 Å². The second-order valence-corrected chi connectivity index (χ2v) is 5.68. The van der Waals surface area contributed by atoms with Crippen molar-refractivity contribution in [3.8, 4) is 0 Å². The molecule has 0 aliphatic rings. The largest absolute Gasteiger partial charge is 0.465 e. The van der Waals surface area contributed by atoms with E-state index in [-0.39, 0.29) is 5.56 Å². The number of carbonyl (C=O) groups is 3. The van der Waals surface area contributed by atoms with Crippen LogP contribution in [0.25, 0.3) is 11.0 Å². The van der Waals surface area contributed by atoms with E-state index in [0.29, 0.717) is 22.2 Å². The molecule has 8 heteroatoms. The van der Waals surface area contributed by atoms with Crippen LogP contribution in [0.3, 0.4) is 0 Å². The summed E-state index contributed by atoms with van der Waals surface area (Å²) in [7, 11) is 1.27. The topological polar surface area (TPSA) is 112 Å². The zero-order chi connectivity index (χ0) is 20.1. The van der Waals surface area contributed by atoms with Gasteiger partial charge in [0, 0.05) is 11.1 Å². The van der Waals surface area contributed by atoms with Crippen LogP contribution < -0.4 is 10.9 Å². The van der Waals surface area contributed by atoms with E-state index >= 15 is 0 Å². The number of benzene rings is 2. The minimum absolute atomic E-state index is 0.297. The molecular formula is C20H15NO7. The molecule has 3 aromatic rings. The van der Waals surface area contributed by atoms with Gasteiger partial charge in [0.1, 0.15) is 11.1 Å². The highest BCUT2D eigenvalue weighted by Gasteiger charge is 2.16. The molecule has 1 amide bonds. The van der Waals surface area contributed by atoms with Gasteiger partial charge in [0.05, 0.1) is 12.7 Å². The summed E-state index contributed by atoms with van der Waals surface area (Å²) in [5.74, 6) is -2.07. The zero-order valence-electron chi connectivity index (χ0n) is 14.8. The maximum Gasteiger partial charge on any atom is 0.351 e. The van der Waals surface area contributed by atoms with Gasteiger partial charge < -0.3 is 19.2 Å². The van der Waals surface area contributed by atoms with E-state index in [1.54, 1.807) is 24.3 Å². The van der Waals surface area contributed by atoms with Gasteiger partial charge in [0.2, 0.25) is 0 Å². The third kappa shape index (κ3) is 4.24. The lowest BCUT2D eigenvalue weighted by molar-refractivity contribution is -0.119. The van der Waals surface area contributed by atoms with Crippen LogP contribution in [0, 0.1) is 0 Å². The quantitative estimate of drug-likeness (QED) is 0.533. The Morgan fingerprint density at radius 1 is 1.00 bits per heavy atom. The number of hydrogen-bond acceptors (Lipinski definition) is 7. The Morgan fingerprint density at radius 2 is 1.71 bits per heavy atom. The van der Waals surface area contributed by atoms with Gasteiger partial charge in [-0.3, -0.25) is 4.79 Å². The highest BCUT2D eigenvalue weighted by molar-refractivity contribution is 5.97. The van der Waals surface area contributed by atoms with Crippen LogP contribution in [0.5, 0.6) is 0 Å². The molecule has 28 heavy (non-hydrogen) atoms. The second-order valence-electron chi connectivity index (χ2n) is 5.68. The van der Waals surface area contributed by atoms with Gasteiger partial charge in [-0.1, -0.05) is 18.2 Å². The van der Waals surface area contributed by atoms with E-state index in [9.17, 15) is 19.2 Å². The highest BCUT2D eigenvalue weighted by atomic mass is 16.5. The molecule has 0 aliphatic carbocycles. The van der Waals surface area contributed by atoms with Crippen LogP contribution in [0.15, 0.2) is 63.8 Å². The number of nitrogens with one attached hydrogen (secondary N) is 1. The van der Waals surface area contributed by atoms with Crippen molar-refractivity contribution in [2.75, 3.05) is 19.0 Å². The number of carbonyl (C=O) groups excluding carboxylic acids is 3. The summed E-state index contributed by atoms with van der Waals surface area (Å²) < 4.78 is 14.5. The number of hydrogen-bond donors (Lipinski definition) is 1. The molecule has 0 atom stereocenters. The lowest BCUT2D eigenvalue weighted by atomic mass is 10.2. The van der Waals surface area contributed by atoms with Gasteiger partial charge in [-0.25, -0.2) is 14.4 Å². The van der Waals surface area contributed by atoms with Gasteiger partial charge >= 0.3 is 17.6 Å². The van der Waals surface area contributed by atoms with Crippen LogP contribution in [0.2, 0.25) is 0 Å². The predicted molar refractivity (Wildman–Crippen MR) is 99.2 cm³/mol. The molecule has 8 nitrogen and oxygen atoms in total. The second kappa shape index (κ2) is 8.17. The first-order valence-electron chi connectivity index (χ1n) is 8.16. The van der Waals surface area contributed by atoms with Crippen molar-refractivity contribution in [2.24, 2.45) is 0 Å². The monoisotopic (exact) mass is 381 g/mol. The minimum atomic E-state index is -0.962. The molecule has 1 N–H and O–H groups in total. The third-order valence-electron chi connectivity index (χ3n) is 3.79. The van der Waals surface area contributed by atoms with Crippen LogP contribution in [0.4, 0.5) is 5.69 Å². The summed E-state index contributed by atoms with van der Waals surface area (Å²) in [5.41, 5.74) is -0.0671. The summed E-state index contributed by atoms with van der Waals surface area (Å²) in [5, 5.41) is 3.07. The Kier molecular flexibility index (Phi) is 5.50. The summed E-state index contributed by atoms with van der Waals surface area (Å²) in [4.78, 5) is 47.3. The number of methoxy groups -OCH3 is 1. The first-order chi connectivity index (χ1) is 13.5. The van der Waals surface area contributed by atoms with Crippen LogP contribution >= 0.6 is 0 Å². The van der Waals surface area contributed by atoms with E-state index in [0.717, 1.165) is 0 Å². The van der Waals surface area contributed by atoms with E-state index in [1.807, 2.05) is 0 Å². The summed E-state index contributed by atoms with van der Waals surface area (Å²) in [6.07, 6.45) is 0. The van der Waals surface area contributed by atoms with E-state index in [2.05, 4.69) is 10.1 Å². The molecule has 0 fully saturated rings. The number of para-hydroxylation sites is 1. The van der Waals surface area contributed by atoms with E-state index in [1.165, 1.54) is 37.4 Å². The molecule has 0 aliphatic heterocycles. The van der Waals surface area contributed by atoms with Gasteiger partial charge in [-0.15, -0.1) is 0 Å². The fourth-order valence-electron chi connectivity index (χ4n) is 2.42. The molecule has 0 saturated carbocycles. The Morgan fingerprint density at radius 3 is 2.43 bits per heavy atom. The molecule has 3 rings (SSSR count). The normalized spacial score (nSPS) is 10.3. The molecule has 0 bridgehead atoms. The average Bonchev–Trinajstić information content (AvgIpc) is 2.71. The van der Waals surface area contributed by atoms with Crippen molar-refractivity contribution in [3.05, 3.63) is 76.1 Å². The van der Waals surface area contributed by atoms with Crippen molar-refractivity contribution in [1.82, 2.24) is 0 Å². The maximum absolute atomic E-state index is 12.1. The number of anilines is 1. The molecular weight excluding hydrogens is 366 g/mol. The SMILES string of the molecule is COC(=O)c1ccc(NC(=O)COC(=O)c2cc3ccccc3oc2=O)cc1. The molecule has 1 aromatic heterocycles.